The molecule has 2 rings (SSSR count). The van der Waals surface area contributed by atoms with Crippen LogP contribution in [0.15, 0.2) is 48.5 Å². The first kappa shape index (κ1) is 19.6. The average Bonchev–Trinajstić information content (AvgIpc) is 2.60. The molecule has 0 fully saturated rings. The minimum absolute atomic E-state index is 0.0626. The van der Waals surface area contributed by atoms with Gasteiger partial charge in [-0.15, -0.1) is 0 Å². The number of nitrogens with one attached hydrogen (secondary N) is 1. The zero-order valence-electron chi connectivity index (χ0n) is 14.3. The van der Waals surface area contributed by atoms with Crippen molar-refractivity contribution in [2.45, 2.75) is 32.4 Å². The molecule has 0 aliphatic carbocycles. The van der Waals surface area contributed by atoms with Crippen LogP contribution in [0.2, 0.25) is 0 Å². The molecule has 0 saturated carbocycles. The van der Waals surface area contributed by atoms with E-state index in [2.05, 4.69) is 10.1 Å². The zero-order chi connectivity index (χ0) is 18.9. The SMILES string of the molecule is CC(NC(=O)CCCOc1ccccc1F)c1ccc(OC(F)F)cc1. The van der Waals surface area contributed by atoms with Crippen LogP contribution in [0.4, 0.5) is 13.2 Å². The van der Waals surface area contributed by atoms with Crippen molar-refractivity contribution in [1.82, 2.24) is 5.32 Å². The number of halogens is 3. The van der Waals surface area contributed by atoms with Crippen molar-refractivity contribution >= 4 is 5.91 Å². The summed E-state index contributed by atoms with van der Waals surface area (Å²) in [6.07, 6.45) is 0.666. The van der Waals surface area contributed by atoms with E-state index in [0.29, 0.717) is 6.42 Å². The molecular formula is C19H20F3NO3. The fourth-order valence-corrected chi connectivity index (χ4v) is 2.31. The van der Waals surface area contributed by atoms with Crippen molar-refractivity contribution in [2.24, 2.45) is 0 Å². The molecule has 0 radical (unpaired) electrons. The molecule has 0 aliphatic heterocycles. The van der Waals surface area contributed by atoms with Crippen LogP contribution < -0.4 is 14.8 Å². The van der Waals surface area contributed by atoms with Crippen molar-refractivity contribution in [3.05, 3.63) is 59.9 Å². The molecule has 0 bridgehead atoms. The van der Waals surface area contributed by atoms with E-state index in [1.165, 1.54) is 24.3 Å². The summed E-state index contributed by atoms with van der Waals surface area (Å²) in [7, 11) is 0. The van der Waals surface area contributed by atoms with E-state index >= 15 is 0 Å². The van der Waals surface area contributed by atoms with Gasteiger partial charge in [0, 0.05) is 6.42 Å². The molecule has 0 aliphatic rings. The van der Waals surface area contributed by atoms with Gasteiger partial charge in [0.1, 0.15) is 5.75 Å². The summed E-state index contributed by atoms with van der Waals surface area (Å²) in [4.78, 5) is 12.0. The fraction of sp³-hybridized carbons (Fsp3) is 0.316. The largest absolute Gasteiger partial charge is 0.491 e. The molecule has 0 heterocycles. The summed E-state index contributed by atoms with van der Waals surface area (Å²) in [5.41, 5.74) is 0.766. The molecule has 0 spiro atoms. The Morgan fingerprint density at radius 3 is 2.46 bits per heavy atom. The lowest BCUT2D eigenvalue weighted by Gasteiger charge is -2.15. The number of carbonyl (C=O) groups excluding carboxylic acids is 1. The Bertz CT molecular complexity index is 707. The third-order valence-corrected chi connectivity index (χ3v) is 3.63. The molecule has 4 nitrogen and oxygen atoms in total. The Morgan fingerprint density at radius 1 is 1.12 bits per heavy atom. The van der Waals surface area contributed by atoms with Gasteiger partial charge >= 0.3 is 6.61 Å². The van der Waals surface area contributed by atoms with Crippen LogP contribution in [0.1, 0.15) is 31.4 Å². The minimum atomic E-state index is -2.87. The van der Waals surface area contributed by atoms with E-state index in [-0.39, 0.29) is 36.5 Å². The van der Waals surface area contributed by atoms with Crippen molar-refractivity contribution in [1.29, 1.82) is 0 Å². The van der Waals surface area contributed by atoms with Crippen molar-refractivity contribution in [3.63, 3.8) is 0 Å². The standard InChI is InChI=1S/C19H20F3NO3/c1-13(14-8-10-15(11-9-14)26-19(21)22)23-18(24)7-4-12-25-17-6-3-2-5-16(17)20/h2-3,5-6,8-11,13,19H,4,7,12H2,1H3,(H,23,24). The van der Waals surface area contributed by atoms with Gasteiger partial charge < -0.3 is 14.8 Å². The highest BCUT2D eigenvalue weighted by atomic mass is 19.3. The summed E-state index contributed by atoms with van der Waals surface area (Å²) >= 11 is 0. The van der Waals surface area contributed by atoms with E-state index in [4.69, 9.17) is 4.74 Å². The first-order valence-electron chi connectivity index (χ1n) is 8.17. The van der Waals surface area contributed by atoms with Crippen LogP contribution in [-0.2, 0) is 4.79 Å². The Labute approximate surface area is 149 Å². The van der Waals surface area contributed by atoms with E-state index in [9.17, 15) is 18.0 Å². The van der Waals surface area contributed by atoms with Gasteiger partial charge in [0.15, 0.2) is 11.6 Å². The maximum atomic E-state index is 13.4. The van der Waals surface area contributed by atoms with Crippen LogP contribution in [0.25, 0.3) is 0 Å². The second kappa shape index (κ2) is 9.70. The highest BCUT2D eigenvalue weighted by Crippen LogP contribution is 2.19. The Hall–Kier alpha value is -2.70. The number of alkyl halides is 2. The average molecular weight is 367 g/mol. The monoisotopic (exact) mass is 367 g/mol. The van der Waals surface area contributed by atoms with Crippen molar-refractivity contribution in [2.75, 3.05) is 6.61 Å². The molecule has 1 unspecified atom stereocenters. The van der Waals surface area contributed by atoms with Crippen LogP contribution in [0.3, 0.4) is 0 Å². The number of hydrogen-bond donors (Lipinski definition) is 1. The molecular weight excluding hydrogens is 347 g/mol. The summed E-state index contributed by atoms with van der Waals surface area (Å²) in [6, 6.07) is 11.9. The summed E-state index contributed by atoms with van der Waals surface area (Å²) < 4.78 is 47.2. The number of amides is 1. The van der Waals surface area contributed by atoms with Gasteiger partial charge in [0.25, 0.3) is 0 Å². The molecule has 1 amide bonds. The van der Waals surface area contributed by atoms with E-state index < -0.39 is 12.4 Å². The molecule has 0 saturated heterocycles. The lowest BCUT2D eigenvalue weighted by molar-refractivity contribution is -0.121. The fourth-order valence-electron chi connectivity index (χ4n) is 2.31. The number of benzene rings is 2. The predicted molar refractivity (Wildman–Crippen MR) is 90.8 cm³/mol. The first-order valence-corrected chi connectivity index (χ1v) is 8.17. The van der Waals surface area contributed by atoms with Crippen LogP contribution >= 0.6 is 0 Å². The molecule has 26 heavy (non-hydrogen) atoms. The van der Waals surface area contributed by atoms with E-state index in [1.807, 2.05) is 0 Å². The molecule has 140 valence electrons. The van der Waals surface area contributed by atoms with Gasteiger partial charge in [-0.25, -0.2) is 4.39 Å². The van der Waals surface area contributed by atoms with Crippen molar-refractivity contribution < 1.29 is 27.4 Å². The van der Waals surface area contributed by atoms with E-state index in [0.717, 1.165) is 5.56 Å². The quantitative estimate of drug-likeness (QED) is 0.666. The van der Waals surface area contributed by atoms with Crippen molar-refractivity contribution in [3.8, 4) is 11.5 Å². The number of rotatable bonds is 9. The second-order valence-electron chi connectivity index (χ2n) is 5.62. The number of ether oxygens (including phenoxy) is 2. The molecule has 0 aromatic heterocycles. The van der Waals surface area contributed by atoms with Gasteiger partial charge in [-0.2, -0.15) is 8.78 Å². The summed E-state index contributed by atoms with van der Waals surface area (Å²) in [6.45, 7) is -0.858. The maximum absolute atomic E-state index is 13.4. The van der Waals surface area contributed by atoms with Gasteiger partial charge in [-0.1, -0.05) is 24.3 Å². The molecule has 1 N–H and O–H groups in total. The molecule has 2 aromatic rings. The van der Waals surface area contributed by atoms with Gasteiger partial charge in [-0.05, 0) is 43.2 Å². The van der Waals surface area contributed by atoms with Crippen LogP contribution in [-0.4, -0.2) is 19.1 Å². The second-order valence-corrected chi connectivity index (χ2v) is 5.62. The Balaban J connectivity index is 1.72. The van der Waals surface area contributed by atoms with Crippen LogP contribution in [0, 0.1) is 5.82 Å². The normalized spacial score (nSPS) is 11.9. The van der Waals surface area contributed by atoms with Gasteiger partial charge in [-0.3, -0.25) is 4.79 Å². The van der Waals surface area contributed by atoms with E-state index in [1.54, 1.807) is 31.2 Å². The first-order chi connectivity index (χ1) is 12.5. The third kappa shape index (κ3) is 6.31. The molecule has 1 atom stereocenters. The summed E-state index contributed by atoms with van der Waals surface area (Å²) in [5, 5.41) is 2.81. The minimum Gasteiger partial charge on any atom is -0.491 e. The Kier molecular flexibility index (Phi) is 7.32. The molecule has 2 aromatic carbocycles. The van der Waals surface area contributed by atoms with Crippen LogP contribution in [0.5, 0.6) is 11.5 Å². The maximum Gasteiger partial charge on any atom is 0.387 e. The molecule has 7 heteroatoms. The third-order valence-electron chi connectivity index (χ3n) is 3.63. The zero-order valence-corrected chi connectivity index (χ0v) is 14.3. The lowest BCUT2D eigenvalue weighted by atomic mass is 10.1. The topological polar surface area (TPSA) is 47.6 Å². The van der Waals surface area contributed by atoms with Gasteiger partial charge in [0.2, 0.25) is 5.91 Å². The highest BCUT2D eigenvalue weighted by Gasteiger charge is 2.11. The Morgan fingerprint density at radius 2 is 1.81 bits per heavy atom. The number of hydrogen-bond acceptors (Lipinski definition) is 3. The number of carbonyl (C=O) groups is 1. The predicted octanol–water partition coefficient (Wildman–Crippen LogP) is 4.46. The summed E-state index contributed by atoms with van der Waals surface area (Å²) in [5.74, 6) is -0.396. The number of para-hydroxylation sites is 1. The smallest absolute Gasteiger partial charge is 0.387 e. The lowest BCUT2D eigenvalue weighted by Crippen LogP contribution is -2.26. The van der Waals surface area contributed by atoms with Gasteiger partial charge in [0.05, 0.1) is 12.6 Å². The highest BCUT2D eigenvalue weighted by molar-refractivity contribution is 5.76.